The normalized spacial score (nSPS) is 11.7. The van der Waals surface area contributed by atoms with Gasteiger partial charge in [-0.3, -0.25) is 0 Å². The lowest BCUT2D eigenvalue weighted by molar-refractivity contribution is 0.164. The van der Waals surface area contributed by atoms with Crippen LogP contribution in [0, 0.1) is 11.8 Å². The van der Waals surface area contributed by atoms with Gasteiger partial charge in [-0.15, -0.1) is 11.8 Å². The van der Waals surface area contributed by atoms with Gasteiger partial charge in [0, 0.05) is 12.8 Å². The standard InChI is InChI=1S/C17H24O/c1-2-3-4-5-6-7-8-12-15-17(18)16-13-10-9-11-14-16/h9-11,13-14,17-18H,2-4,7-8,12,15H2,1H3. The summed E-state index contributed by atoms with van der Waals surface area (Å²) in [7, 11) is 0. The van der Waals surface area contributed by atoms with Gasteiger partial charge >= 0.3 is 0 Å². The monoisotopic (exact) mass is 244 g/mol. The fourth-order valence-electron chi connectivity index (χ4n) is 1.83. The average Bonchev–Trinajstić information content (AvgIpc) is 2.42. The minimum Gasteiger partial charge on any atom is -0.388 e. The fourth-order valence-corrected chi connectivity index (χ4v) is 1.83. The van der Waals surface area contributed by atoms with Gasteiger partial charge in [-0.2, -0.15) is 0 Å². The summed E-state index contributed by atoms with van der Waals surface area (Å²) >= 11 is 0. The van der Waals surface area contributed by atoms with E-state index in [0.717, 1.165) is 37.7 Å². The molecule has 0 aromatic heterocycles. The smallest absolute Gasteiger partial charge is 0.0790 e. The Morgan fingerprint density at radius 2 is 1.67 bits per heavy atom. The maximum atomic E-state index is 9.96. The molecule has 1 atom stereocenters. The summed E-state index contributed by atoms with van der Waals surface area (Å²) in [5.74, 6) is 6.40. The summed E-state index contributed by atoms with van der Waals surface area (Å²) in [4.78, 5) is 0. The molecule has 0 radical (unpaired) electrons. The van der Waals surface area contributed by atoms with E-state index in [-0.39, 0.29) is 6.10 Å². The molecule has 1 aromatic rings. The molecular weight excluding hydrogens is 220 g/mol. The van der Waals surface area contributed by atoms with Crippen LogP contribution in [0.2, 0.25) is 0 Å². The van der Waals surface area contributed by atoms with Gasteiger partial charge in [0.25, 0.3) is 0 Å². The van der Waals surface area contributed by atoms with E-state index in [0.29, 0.717) is 0 Å². The Kier molecular flexibility index (Phi) is 8.01. The van der Waals surface area contributed by atoms with E-state index in [1.807, 2.05) is 30.3 Å². The van der Waals surface area contributed by atoms with Crippen molar-refractivity contribution in [1.29, 1.82) is 0 Å². The van der Waals surface area contributed by atoms with Crippen molar-refractivity contribution in [2.45, 2.75) is 58.0 Å². The largest absolute Gasteiger partial charge is 0.388 e. The first-order valence-electron chi connectivity index (χ1n) is 7.03. The minimum absolute atomic E-state index is 0.320. The first kappa shape index (κ1) is 14.8. The molecule has 0 saturated carbocycles. The van der Waals surface area contributed by atoms with Gasteiger partial charge in [-0.1, -0.05) is 43.7 Å². The van der Waals surface area contributed by atoms with Gasteiger partial charge in [0.05, 0.1) is 6.10 Å². The van der Waals surface area contributed by atoms with Crippen molar-refractivity contribution in [3.05, 3.63) is 35.9 Å². The number of aliphatic hydroxyl groups is 1. The Morgan fingerprint density at radius 3 is 2.33 bits per heavy atom. The molecule has 0 spiro atoms. The Hall–Kier alpha value is -1.26. The van der Waals surface area contributed by atoms with E-state index in [4.69, 9.17) is 0 Å². The molecule has 0 bridgehead atoms. The van der Waals surface area contributed by atoms with Crippen LogP contribution in [0.3, 0.4) is 0 Å². The molecule has 0 heterocycles. The summed E-state index contributed by atoms with van der Waals surface area (Å²) in [5.41, 5.74) is 1.02. The molecule has 98 valence electrons. The van der Waals surface area contributed by atoms with Crippen LogP contribution in [0.1, 0.15) is 63.5 Å². The lowest BCUT2D eigenvalue weighted by Gasteiger charge is -2.09. The summed E-state index contributed by atoms with van der Waals surface area (Å²) in [6.07, 6.45) is 7.06. The van der Waals surface area contributed by atoms with Crippen LogP contribution >= 0.6 is 0 Å². The lowest BCUT2D eigenvalue weighted by Crippen LogP contribution is -1.96. The van der Waals surface area contributed by atoms with Gasteiger partial charge in [0.1, 0.15) is 0 Å². The third kappa shape index (κ3) is 6.47. The van der Waals surface area contributed by atoms with Crippen molar-refractivity contribution in [1.82, 2.24) is 0 Å². The quantitative estimate of drug-likeness (QED) is 0.554. The highest BCUT2D eigenvalue weighted by Gasteiger charge is 2.05. The van der Waals surface area contributed by atoms with Crippen molar-refractivity contribution in [2.24, 2.45) is 0 Å². The van der Waals surface area contributed by atoms with Gasteiger partial charge in [0.2, 0.25) is 0 Å². The predicted molar refractivity (Wildman–Crippen MR) is 77.2 cm³/mol. The molecule has 0 saturated heterocycles. The Labute approximate surface area is 111 Å². The minimum atomic E-state index is -0.320. The number of hydrogen-bond donors (Lipinski definition) is 1. The molecule has 0 amide bonds. The van der Waals surface area contributed by atoms with Crippen molar-refractivity contribution in [3.63, 3.8) is 0 Å². The Bertz CT molecular complexity index is 358. The number of unbranched alkanes of at least 4 members (excludes halogenated alkanes) is 4. The first-order valence-corrected chi connectivity index (χ1v) is 7.03. The highest BCUT2D eigenvalue weighted by Crippen LogP contribution is 2.18. The van der Waals surface area contributed by atoms with Crippen LogP contribution in [0.15, 0.2) is 30.3 Å². The number of rotatable bonds is 7. The molecule has 1 nitrogen and oxygen atoms in total. The zero-order valence-electron chi connectivity index (χ0n) is 11.4. The molecule has 0 fully saturated rings. The highest BCUT2D eigenvalue weighted by molar-refractivity contribution is 5.17. The van der Waals surface area contributed by atoms with Crippen molar-refractivity contribution in [2.75, 3.05) is 0 Å². The fraction of sp³-hybridized carbons (Fsp3) is 0.529. The molecule has 1 aromatic carbocycles. The van der Waals surface area contributed by atoms with Gasteiger partial charge < -0.3 is 5.11 Å². The zero-order chi connectivity index (χ0) is 13.1. The third-order valence-electron chi connectivity index (χ3n) is 2.99. The van der Waals surface area contributed by atoms with E-state index in [1.165, 1.54) is 12.8 Å². The summed E-state index contributed by atoms with van der Waals surface area (Å²) in [6, 6.07) is 9.88. The number of benzene rings is 1. The van der Waals surface area contributed by atoms with E-state index >= 15 is 0 Å². The molecule has 1 N–H and O–H groups in total. The molecule has 0 aliphatic rings. The second kappa shape index (κ2) is 9.74. The van der Waals surface area contributed by atoms with Crippen LogP contribution in [0.25, 0.3) is 0 Å². The predicted octanol–water partition coefficient (Wildman–Crippen LogP) is 4.47. The SMILES string of the molecule is CCCCC#CCCCCC(O)c1ccccc1. The van der Waals surface area contributed by atoms with Crippen molar-refractivity contribution < 1.29 is 5.11 Å². The van der Waals surface area contributed by atoms with Crippen LogP contribution in [0.5, 0.6) is 0 Å². The molecule has 1 rings (SSSR count). The number of hydrogen-bond acceptors (Lipinski definition) is 1. The summed E-state index contributed by atoms with van der Waals surface area (Å²) in [5, 5.41) is 9.96. The first-order chi connectivity index (χ1) is 8.84. The van der Waals surface area contributed by atoms with Crippen LogP contribution < -0.4 is 0 Å². The maximum absolute atomic E-state index is 9.96. The van der Waals surface area contributed by atoms with E-state index in [1.54, 1.807) is 0 Å². The number of aliphatic hydroxyl groups excluding tert-OH is 1. The second-order valence-electron chi connectivity index (χ2n) is 4.63. The van der Waals surface area contributed by atoms with Crippen LogP contribution in [-0.4, -0.2) is 5.11 Å². The molecule has 0 aliphatic carbocycles. The van der Waals surface area contributed by atoms with E-state index in [9.17, 15) is 5.11 Å². The zero-order valence-corrected chi connectivity index (χ0v) is 11.4. The van der Waals surface area contributed by atoms with Crippen molar-refractivity contribution >= 4 is 0 Å². The average molecular weight is 244 g/mol. The topological polar surface area (TPSA) is 20.2 Å². The molecule has 0 aliphatic heterocycles. The molecular formula is C17H24O. The van der Waals surface area contributed by atoms with E-state index < -0.39 is 0 Å². The molecule has 1 unspecified atom stereocenters. The van der Waals surface area contributed by atoms with Gasteiger partial charge in [-0.25, -0.2) is 0 Å². The van der Waals surface area contributed by atoms with Gasteiger partial charge in [-0.05, 0) is 31.2 Å². The summed E-state index contributed by atoms with van der Waals surface area (Å²) < 4.78 is 0. The van der Waals surface area contributed by atoms with Crippen LogP contribution in [0.4, 0.5) is 0 Å². The van der Waals surface area contributed by atoms with Crippen LogP contribution in [-0.2, 0) is 0 Å². The molecule has 18 heavy (non-hydrogen) atoms. The molecule has 1 heteroatoms. The third-order valence-corrected chi connectivity index (χ3v) is 2.99. The Morgan fingerprint density at radius 1 is 1.00 bits per heavy atom. The summed E-state index contributed by atoms with van der Waals surface area (Å²) in [6.45, 7) is 2.19. The van der Waals surface area contributed by atoms with Crippen molar-refractivity contribution in [3.8, 4) is 11.8 Å². The van der Waals surface area contributed by atoms with E-state index in [2.05, 4.69) is 18.8 Å². The van der Waals surface area contributed by atoms with Gasteiger partial charge in [0.15, 0.2) is 0 Å². The lowest BCUT2D eigenvalue weighted by atomic mass is 10.0. The second-order valence-corrected chi connectivity index (χ2v) is 4.63. The maximum Gasteiger partial charge on any atom is 0.0790 e. The Balaban J connectivity index is 2.09. The highest BCUT2D eigenvalue weighted by atomic mass is 16.3.